The van der Waals surface area contributed by atoms with E-state index in [2.05, 4.69) is 20.7 Å². The molecule has 1 saturated carbocycles. The van der Waals surface area contributed by atoms with Gasteiger partial charge in [-0.1, -0.05) is 28.1 Å². The third-order valence-electron chi connectivity index (χ3n) is 2.76. The summed E-state index contributed by atoms with van der Waals surface area (Å²) in [4.78, 5) is 0.347. The number of hydrogen-bond acceptors (Lipinski definition) is 2. The van der Waals surface area contributed by atoms with Crippen molar-refractivity contribution in [1.82, 2.24) is 4.72 Å². The number of halogens is 1. The monoisotopic (exact) mass is 303 g/mol. The first-order valence-electron chi connectivity index (χ1n) is 5.14. The summed E-state index contributed by atoms with van der Waals surface area (Å²) in [5.41, 5.74) is 0.703. The lowest BCUT2D eigenvalue weighted by Gasteiger charge is -2.14. The van der Waals surface area contributed by atoms with Crippen LogP contribution in [0, 0.1) is 6.92 Å². The van der Waals surface area contributed by atoms with Gasteiger partial charge in [-0.05, 0) is 37.5 Å². The molecule has 88 valence electrons. The van der Waals surface area contributed by atoms with Crippen LogP contribution in [0.1, 0.15) is 18.4 Å². The molecule has 0 heterocycles. The molecule has 0 atom stereocenters. The highest BCUT2D eigenvalue weighted by molar-refractivity contribution is 9.09. The second-order valence-electron chi connectivity index (χ2n) is 4.34. The topological polar surface area (TPSA) is 46.2 Å². The van der Waals surface area contributed by atoms with Crippen LogP contribution in [0.4, 0.5) is 0 Å². The van der Waals surface area contributed by atoms with Crippen LogP contribution in [0.5, 0.6) is 0 Å². The summed E-state index contributed by atoms with van der Waals surface area (Å²) in [6.45, 7) is 1.89. The summed E-state index contributed by atoms with van der Waals surface area (Å²) in [6.07, 6.45) is 1.81. The predicted molar refractivity (Wildman–Crippen MR) is 67.3 cm³/mol. The molecule has 1 aliphatic carbocycles. The van der Waals surface area contributed by atoms with Crippen LogP contribution in [0.3, 0.4) is 0 Å². The Balaban J connectivity index is 2.26. The van der Waals surface area contributed by atoms with Crippen LogP contribution in [0.25, 0.3) is 0 Å². The Labute approximate surface area is 104 Å². The second-order valence-corrected chi connectivity index (χ2v) is 6.58. The SMILES string of the molecule is Cc1cccc(S(=O)(=O)NC2(CBr)CC2)c1. The highest BCUT2D eigenvalue weighted by Gasteiger charge is 2.45. The van der Waals surface area contributed by atoms with Crippen LogP contribution >= 0.6 is 15.9 Å². The summed E-state index contributed by atoms with van der Waals surface area (Å²) in [6, 6.07) is 6.96. The van der Waals surface area contributed by atoms with E-state index in [1.54, 1.807) is 18.2 Å². The van der Waals surface area contributed by atoms with E-state index in [9.17, 15) is 8.42 Å². The molecule has 0 radical (unpaired) electrons. The van der Waals surface area contributed by atoms with Crippen molar-refractivity contribution in [2.24, 2.45) is 0 Å². The lowest BCUT2D eigenvalue weighted by molar-refractivity contribution is 0.561. The lowest BCUT2D eigenvalue weighted by atomic mass is 10.2. The molecule has 3 nitrogen and oxygen atoms in total. The molecule has 0 amide bonds. The molecule has 1 aromatic carbocycles. The fourth-order valence-electron chi connectivity index (χ4n) is 1.54. The first-order valence-corrected chi connectivity index (χ1v) is 7.75. The van der Waals surface area contributed by atoms with Crippen LogP contribution < -0.4 is 4.72 Å². The molecule has 1 N–H and O–H groups in total. The minimum absolute atomic E-state index is 0.247. The molecule has 0 aliphatic heterocycles. The average molecular weight is 304 g/mol. The number of sulfonamides is 1. The molecule has 2 rings (SSSR count). The van der Waals surface area contributed by atoms with Crippen molar-refractivity contribution in [2.75, 3.05) is 5.33 Å². The van der Waals surface area contributed by atoms with Gasteiger partial charge in [0.05, 0.1) is 4.90 Å². The molecule has 0 saturated heterocycles. The maximum Gasteiger partial charge on any atom is 0.241 e. The van der Waals surface area contributed by atoms with E-state index < -0.39 is 10.0 Å². The van der Waals surface area contributed by atoms with E-state index in [4.69, 9.17) is 0 Å². The van der Waals surface area contributed by atoms with Gasteiger partial charge in [-0.25, -0.2) is 13.1 Å². The smallest absolute Gasteiger partial charge is 0.207 e. The third-order valence-corrected chi connectivity index (χ3v) is 5.41. The van der Waals surface area contributed by atoms with Gasteiger partial charge in [0.25, 0.3) is 0 Å². The van der Waals surface area contributed by atoms with E-state index in [-0.39, 0.29) is 5.54 Å². The Bertz CT molecular complexity index is 494. The van der Waals surface area contributed by atoms with Crippen molar-refractivity contribution in [1.29, 1.82) is 0 Å². The highest BCUT2D eigenvalue weighted by Crippen LogP contribution is 2.38. The van der Waals surface area contributed by atoms with Crippen LogP contribution in [0.2, 0.25) is 0 Å². The molecule has 1 fully saturated rings. The Morgan fingerprint density at radius 3 is 2.62 bits per heavy atom. The van der Waals surface area contributed by atoms with Gasteiger partial charge in [0.15, 0.2) is 0 Å². The zero-order valence-electron chi connectivity index (χ0n) is 9.03. The van der Waals surface area contributed by atoms with Crippen molar-refractivity contribution >= 4 is 26.0 Å². The Kier molecular flexibility index (Phi) is 3.11. The van der Waals surface area contributed by atoms with E-state index in [0.717, 1.165) is 18.4 Å². The number of rotatable bonds is 4. The summed E-state index contributed by atoms with van der Waals surface area (Å²) < 4.78 is 26.9. The first kappa shape index (κ1) is 12.1. The van der Waals surface area contributed by atoms with Crippen molar-refractivity contribution in [3.63, 3.8) is 0 Å². The molecule has 0 unspecified atom stereocenters. The second kappa shape index (κ2) is 4.13. The van der Waals surface area contributed by atoms with Crippen molar-refractivity contribution in [2.45, 2.75) is 30.2 Å². The van der Waals surface area contributed by atoms with Gasteiger partial charge in [-0.15, -0.1) is 0 Å². The largest absolute Gasteiger partial charge is 0.241 e. The number of nitrogens with one attached hydrogen (secondary N) is 1. The van der Waals surface area contributed by atoms with Gasteiger partial charge in [0.2, 0.25) is 10.0 Å². The molecule has 0 spiro atoms. The average Bonchev–Trinajstić information content (AvgIpc) is 2.98. The van der Waals surface area contributed by atoms with Gasteiger partial charge in [-0.2, -0.15) is 0 Å². The molecule has 16 heavy (non-hydrogen) atoms. The highest BCUT2D eigenvalue weighted by atomic mass is 79.9. The maximum atomic E-state index is 12.1. The Hall–Kier alpha value is -0.390. The summed E-state index contributed by atoms with van der Waals surface area (Å²) in [7, 11) is -3.37. The Morgan fingerprint density at radius 1 is 1.44 bits per heavy atom. The van der Waals surface area contributed by atoms with E-state index in [1.165, 1.54) is 0 Å². The standard InChI is InChI=1S/C11H14BrNO2S/c1-9-3-2-4-10(7-9)16(14,15)13-11(8-12)5-6-11/h2-4,7,13H,5-6,8H2,1H3. The minimum Gasteiger partial charge on any atom is -0.207 e. The number of hydrogen-bond donors (Lipinski definition) is 1. The van der Waals surface area contributed by atoms with Crippen LogP contribution in [-0.2, 0) is 10.0 Å². The van der Waals surface area contributed by atoms with E-state index in [1.807, 2.05) is 13.0 Å². The van der Waals surface area contributed by atoms with Crippen LogP contribution in [-0.4, -0.2) is 19.3 Å². The lowest BCUT2D eigenvalue weighted by Crippen LogP contribution is -2.38. The number of alkyl halides is 1. The van der Waals surface area contributed by atoms with E-state index >= 15 is 0 Å². The molecule has 0 aromatic heterocycles. The molecular formula is C11H14BrNO2S. The molecule has 1 aromatic rings. The fourth-order valence-corrected chi connectivity index (χ4v) is 3.99. The zero-order chi connectivity index (χ0) is 11.8. The summed E-state index contributed by atoms with van der Waals surface area (Å²) in [5.74, 6) is 0. The maximum absolute atomic E-state index is 12.1. The predicted octanol–water partition coefficient (Wildman–Crippen LogP) is 2.20. The van der Waals surface area contributed by atoms with Gasteiger partial charge in [0.1, 0.15) is 0 Å². The van der Waals surface area contributed by atoms with Gasteiger partial charge >= 0.3 is 0 Å². The zero-order valence-corrected chi connectivity index (χ0v) is 11.4. The summed E-state index contributed by atoms with van der Waals surface area (Å²) in [5, 5.41) is 0.672. The number of aryl methyl sites for hydroxylation is 1. The Morgan fingerprint density at radius 2 is 2.12 bits per heavy atom. The van der Waals surface area contributed by atoms with Gasteiger partial charge in [0, 0.05) is 10.9 Å². The van der Waals surface area contributed by atoms with E-state index in [0.29, 0.717) is 10.2 Å². The number of benzene rings is 1. The van der Waals surface area contributed by atoms with Gasteiger partial charge in [-0.3, -0.25) is 0 Å². The van der Waals surface area contributed by atoms with Crippen molar-refractivity contribution < 1.29 is 8.42 Å². The first-order chi connectivity index (χ1) is 7.47. The van der Waals surface area contributed by atoms with Crippen LogP contribution in [0.15, 0.2) is 29.2 Å². The third kappa shape index (κ3) is 2.47. The molecular weight excluding hydrogens is 290 g/mol. The fraction of sp³-hybridized carbons (Fsp3) is 0.455. The van der Waals surface area contributed by atoms with Crippen molar-refractivity contribution in [3.8, 4) is 0 Å². The molecule has 1 aliphatic rings. The van der Waals surface area contributed by atoms with Crippen molar-refractivity contribution in [3.05, 3.63) is 29.8 Å². The normalized spacial score (nSPS) is 18.4. The van der Waals surface area contributed by atoms with Gasteiger partial charge < -0.3 is 0 Å². The molecule has 0 bridgehead atoms. The summed E-state index contributed by atoms with van der Waals surface area (Å²) >= 11 is 3.35. The molecule has 5 heteroatoms. The minimum atomic E-state index is -3.37. The quantitative estimate of drug-likeness (QED) is 0.867.